The smallest absolute Gasteiger partial charge is 0.255 e. The summed E-state index contributed by atoms with van der Waals surface area (Å²) in [4.78, 5) is 30.8. The quantitative estimate of drug-likeness (QED) is 0.582. The molecule has 0 N–H and O–H groups in total. The fraction of sp³-hybridized carbons (Fsp3) is 0.259. The summed E-state index contributed by atoms with van der Waals surface area (Å²) < 4.78 is 0. The lowest BCUT2D eigenvalue weighted by Gasteiger charge is -2.41. The first kappa shape index (κ1) is 20.9. The maximum absolute atomic E-state index is 13.9. The van der Waals surface area contributed by atoms with Gasteiger partial charge in [0.15, 0.2) is 0 Å². The highest BCUT2D eigenvalue weighted by atomic mass is 16.2. The number of hydrogen-bond acceptors (Lipinski definition) is 2. The lowest BCUT2D eigenvalue weighted by atomic mass is 9.96. The number of piperazine rings is 1. The van der Waals surface area contributed by atoms with Crippen molar-refractivity contribution in [1.82, 2.24) is 0 Å². The van der Waals surface area contributed by atoms with E-state index in [1.54, 1.807) is 9.80 Å². The van der Waals surface area contributed by atoms with E-state index in [9.17, 15) is 9.59 Å². The summed E-state index contributed by atoms with van der Waals surface area (Å²) in [6, 6.07) is 19.1. The number of aryl methyl sites for hydroxylation is 4. The Morgan fingerprint density at radius 1 is 0.742 bits per heavy atom. The van der Waals surface area contributed by atoms with Crippen molar-refractivity contribution in [3.05, 3.63) is 94.0 Å². The van der Waals surface area contributed by atoms with E-state index < -0.39 is 6.04 Å². The number of hydrogen-bond donors (Lipinski definition) is 0. The minimum absolute atomic E-state index is 0.0266. The number of anilines is 2. The average Bonchev–Trinajstić information content (AvgIpc) is 2.73. The molecule has 1 saturated heterocycles. The third-order valence-electron chi connectivity index (χ3n) is 6.19. The monoisotopic (exact) mass is 412 g/mol. The Morgan fingerprint density at radius 3 is 2.10 bits per heavy atom. The number of nitrogens with zero attached hydrogens (tertiary/aromatic N) is 2. The fourth-order valence-corrected chi connectivity index (χ4v) is 4.31. The molecule has 0 bridgehead atoms. The maximum atomic E-state index is 13.9. The van der Waals surface area contributed by atoms with Crippen LogP contribution >= 0.6 is 0 Å². The van der Waals surface area contributed by atoms with Crippen LogP contribution in [0.5, 0.6) is 0 Å². The van der Waals surface area contributed by atoms with E-state index in [1.165, 1.54) is 0 Å². The molecule has 3 aromatic rings. The summed E-state index contributed by atoms with van der Waals surface area (Å²) in [6.45, 7) is 10.1. The van der Waals surface area contributed by atoms with Crippen LogP contribution in [0.15, 0.2) is 60.7 Å². The molecule has 2 amide bonds. The molecule has 0 unspecified atom stereocenters. The van der Waals surface area contributed by atoms with Crippen molar-refractivity contribution in [3.8, 4) is 0 Å². The Balaban J connectivity index is 1.87. The van der Waals surface area contributed by atoms with E-state index in [4.69, 9.17) is 0 Å². The van der Waals surface area contributed by atoms with Crippen molar-refractivity contribution in [1.29, 1.82) is 0 Å². The van der Waals surface area contributed by atoms with E-state index in [1.807, 2.05) is 89.2 Å². The standard InChI is InChI=1S/C27H28N2O2/c1-17-9-12-22(13-10-17)26-27(31)28(24-8-6-7-19(3)21(24)5)16-25(30)29(26)23-14-11-18(2)15-20(23)4/h6-15,26H,16H2,1-5H3/t26-/m1/s1. The van der Waals surface area contributed by atoms with Crippen LogP contribution in [0.25, 0.3) is 0 Å². The van der Waals surface area contributed by atoms with E-state index in [2.05, 4.69) is 6.07 Å². The highest BCUT2D eigenvalue weighted by molar-refractivity contribution is 6.15. The van der Waals surface area contributed by atoms with Crippen molar-refractivity contribution in [3.63, 3.8) is 0 Å². The molecule has 0 radical (unpaired) electrons. The van der Waals surface area contributed by atoms with Crippen LogP contribution < -0.4 is 9.80 Å². The molecule has 0 aliphatic carbocycles. The minimum Gasteiger partial charge on any atom is -0.301 e. The summed E-state index contributed by atoms with van der Waals surface area (Å²) in [6.07, 6.45) is 0. The molecule has 4 rings (SSSR count). The highest BCUT2D eigenvalue weighted by Crippen LogP contribution is 2.37. The summed E-state index contributed by atoms with van der Waals surface area (Å²) in [7, 11) is 0. The molecule has 1 aliphatic rings. The van der Waals surface area contributed by atoms with Gasteiger partial charge in [0.05, 0.1) is 0 Å². The first-order valence-corrected chi connectivity index (χ1v) is 10.6. The molecule has 1 heterocycles. The molecule has 0 aromatic heterocycles. The SMILES string of the molecule is Cc1ccc([C@@H]2C(=O)N(c3cccc(C)c3C)CC(=O)N2c2ccc(C)cc2C)cc1. The minimum atomic E-state index is -0.705. The Hall–Kier alpha value is -3.40. The number of amides is 2. The van der Waals surface area contributed by atoms with Gasteiger partial charge in [-0.2, -0.15) is 0 Å². The van der Waals surface area contributed by atoms with Crippen molar-refractivity contribution in [2.75, 3.05) is 16.3 Å². The molecular weight excluding hydrogens is 384 g/mol. The largest absolute Gasteiger partial charge is 0.301 e. The van der Waals surface area contributed by atoms with Gasteiger partial charge in [-0.3, -0.25) is 14.5 Å². The number of carbonyl (C=O) groups is 2. The Labute approximate surface area is 184 Å². The molecule has 4 nitrogen and oxygen atoms in total. The molecule has 3 aromatic carbocycles. The summed E-state index contributed by atoms with van der Waals surface area (Å²) in [5.74, 6) is -0.171. The Morgan fingerprint density at radius 2 is 1.42 bits per heavy atom. The van der Waals surface area contributed by atoms with Gasteiger partial charge in [0, 0.05) is 11.4 Å². The molecule has 0 saturated carbocycles. The maximum Gasteiger partial charge on any atom is 0.255 e. The van der Waals surface area contributed by atoms with E-state index in [0.717, 1.165) is 44.8 Å². The predicted octanol–water partition coefficient (Wildman–Crippen LogP) is 5.35. The summed E-state index contributed by atoms with van der Waals surface area (Å²) in [5, 5.41) is 0. The van der Waals surface area contributed by atoms with Gasteiger partial charge >= 0.3 is 0 Å². The summed E-state index contributed by atoms with van der Waals surface area (Å²) >= 11 is 0. The van der Waals surface area contributed by atoms with E-state index in [0.29, 0.717) is 0 Å². The fourth-order valence-electron chi connectivity index (χ4n) is 4.31. The van der Waals surface area contributed by atoms with Crippen LogP contribution in [-0.4, -0.2) is 18.4 Å². The van der Waals surface area contributed by atoms with Gasteiger partial charge in [-0.1, -0.05) is 59.7 Å². The van der Waals surface area contributed by atoms with Crippen molar-refractivity contribution >= 4 is 23.2 Å². The van der Waals surface area contributed by atoms with Gasteiger partial charge in [0.25, 0.3) is 5.91 Å². The van der Waals surface area contributed by atoms with Crippen LogP contribution in [0, 0.1) is 34.6 Å². The van der Waals surface area contributed by atoms with Gasteiger partial charge < -0.3 is 4.90 Å². The lowest BCUT2D eigenvalue weighted by Crippen LogP contribution is -2.56. The topological polar surface area (TPSA) is 40.6 Å². The molecule has 1 fully saturated rings. The van der Waals surface area contributed by atoms with Crippen LogP contribution in [0.4, 0.5) is 11.4 Å². The van der Waals surface area contributed by atoms with Crippen LogP contribution in [0.3, 0.4) is 0 Å². The zero-order valence-corrected chi connectivity index (χ0v) is 18.8. The second-order valence-corrected chi connectivity index (χ2v) is 8.51. The molecular formula is C27H28N2O2. The molecule has 4 heteroatoms. The van der Waals surface area contributed by atoms with E-state index in [-0.39, 0.29) is 18.4 Å². The molecule has 0 spiro atoms. The Kier molecular flexibility index (Phi) is 5.40. The first-order valence-electron chi connectivity index (χ1n) is 10.6. The van der Waals surface area contributed by atoms with Crippen LogP contribution in [0.1, 0.15) is 39.4 Å². The first-order chi connectivity index (χ1) is 14.8. The van der Waals surface area contributed by atoms with Crippen molar-refractivity contribution < 1.29 is 9.59 Å². The van der Waals surface area contributed by atoms with Crippen molar-refractivity contribution in [2.24, 2.45) is 0 Å². The van der Waals surface area contributed by atoms with Crippen LogP contribution in [-0.2, 0) is 9.59 Å². The number of benzene rings is 3. The average molecular weight is 413 g/mol. The predicted molar refractivity (Wildman–Crippen MR) is 126 cm³/mol. The molecule has 1 aliphatic heterocycles. The lowest BCUT2D eigenvalue weighted by molar-refractivity contribution is -0.128. The Bertz CT molecular complexity index is 1160. The second kappa shape index (κ2) is 8.03. The van der Waals surface area contributed by atoms with Gasteiger partial charge in [0.2, 0.25) is 5.91 Å². The third-order valence-corrected chi connectivity index (χ3v) is 6.19. The highest BCUT2D eigenvalue weighted by Gasteiger charge is 2.42. The zero-order valence-electron chi connectivity index (χ0n) is 18.8. The molecule has 1 atom stereocenters. The normalized spacial score (nSPS) is 16.7. The zero-order chi connectivity index (χ0) is 22.3. The van der Waals surface area contributed by atoms with E-state index >= 15 is 0 Å². The summed E-state index contributed by atoms with van der Waals surface area (Å²) in [5.41, 5.74) is 7.75. The molecule has 158 valence electrons. The second-order valence-electron chi connectivity index (χ2n) is 8.51. The van der Waals surface area contributed by atoms with Crippen molar-refractivity contribution in [2.45, 2.75) is 40.7 Å². The van der Waals surface area contributed by atoms with Crippen LogP contribution in [0.2, 0.25) is 0 Å². The molecule has 31 heavy (non-hydrogen) atoms. The van der Waals surface area contributed by atoms with Gasteiger partial charge in [-0.15, -0.1) is 0 Å². The number of rotatable bonds is 3. The third kappa shape index (κ3) is 3.74. The van der Waals surface area contributed by atoms with Gasteiger partial charge in [-0.05, 0) is 69.0 Å². The van der Waals surface area contributed by atoms with Gasteiger partial charge in [-0.25, -0.2) is 0 Å². The van der Waals surface area contributed by atoms with Gasteiger partial charge in [0.1, 0.15) is 12.6 Å². The number of carbonyl (C=O) groups excluding carboxylic acids is 2.